The fourth-order valence-electron chi connectivity index (χ4n) is 2.99. The van der Waals surface area contributed by atoms with Crippen molar-refractivity contribution in [1.29, 1.82) is 0 Å². The van der Waals surface area contributed by atoms with Crippen LogP contribution in [0, 0.1) is 21.3 Å². The number of amides is 1. The van der Waals surface area contributed by atoms with Gasteiger partial charge in [-0.15, -0.1) is 0 Å². The highest BCUT2D eigenvalue weighted by atomic mass is 32.1. The van der Waals surface area contributed by atoms with Gasteiger partial charge in [-0.2, -0.15) is 0 Å². The fraction of sp³-hybridized carbons (Fsp3) is 0.333. The van der Waals surface area contributed by atoms with Gasteiger partial charge in [-0.3, -0.25) is 20.2 Å². The van der Waals surface area contributed by atoms with Crippen molar-refractivity contribution >= 4 is 28.9 Å². The first-order valence-electron chi connectivity index (χ1n) is 9.15. The number of hydrogen-bond donors (Lipinski definition) is 2. The molecule has 0 aliphatic rings. The van der Waals surface area contributed by atoms with Crippen molar-refractivity contribution in [2.75, 3.05) is 0 Å². The second-order valence-electron chi connectivity index (χ2n) is 7.56. The number of thiocarbonyl (C=S) groups is 1. The summed E-state index contributed by atoms with van der Waals surface area (Å²) in [6.45, 7) is 7.46. The second-order valence-corrected chi connectivity index (χ2v) is 7.97. The second kappa shape index (κ2) is 8.65. The number of nitrogens with one attached hydrogen (secondary N) is 2. The molecule has 0 radical (unpaired) electrons. The zero-order chi connectivity index (χ0) is 21.8. The Hall–Kier alpha value is -2.87. The summed E-state index contributed by atoms with van der Waals surface area (Å²) in [7, 11) is 0. The van der Waals surface area contributed by atoms with E-state index in [2.05, 4.69) is 10.6 Å². The van der Waals surface area contributed by atoms with Gasteiger partial charge in [-0.25, -0.2) is 4.39 Å². The van der Waals surface area contributed by atoms with Crippen LogP contribution in [0.15, 0.2) is 48.5 Å². The third-order valence-electron chi connectivity index (χ3n) is 5.56. The first-order chi connectivity index (χ1) is 13.5. The van der Waals surface area contributed by atoms with Crippen LogP contribution in [0.1, 0.15) is 50.0 Å². The standard InChI is InChI=1S/C21H24FN3O3S/c1-5-20(2,3)21(4,16-13-15(25(27)28)11-12-17(16)22)24-19(29)23-18(26)14-9-7-6-8-10-14/h6-13H,5H2,1-4H3,(H2,23,24,26,29)/t21-/m1/s1. The Kier molecular flexibility index (Phi) is 6.69. The highest BCUT2D eigenvalue weighted by Crippen LogP contribution is 2.43. The largest absolute Gasteiger partial charge is 0.352 e. The Labute approximate surface area is 174 Å². The minimum Gasteiger partial charge on any atom is -0.352 e. The monoisotopic (exact) mass is 417 g/mol. The van der Waals surface area contributed by atoms with E-state index in [-0.39, 0.29) is 16.4 Å². The van der Waals surface area contributed by atoms with Gasteiger partial charge in [0, 0.05) is 23.3 Å². The van der Waals surface area contributed by atoms with E-state index in [4.69, 9.17) is 12.2 Å². The van der Waals surface area contributed by atoms with E-state index in [9.17, 15) is 19.3 Å². The molecule has 2 rings (SSSR count). The highest BCUT2D eigenvalue weighted by molar-refractivity contribution is 7.80. The van der Waals surface area contributed by atoms with Crippen LogP contribution in [0.3, 0.4) is 0 Å². The number of carbonyl (C=O) groups excluding carboxylic acids is 1. The van der Waals surface area contributed by atoms with Gasteiger partial charge in [-0.05, 0) is 49.2 Å². The molecule has 0 aliphatic heterocycles. The van der Waals surface area contributed by atoms with Crippen LogP contribution in [-0.2, 0) is 5.54 Å². The molecule has 0 aromatic heterocycles. The molecule has 0 saturated heterocycles. The number of rotatable bonds is 6. The molecule has 0 spiro atoms. The van der Waals surface area contributed by atoms with Gasteiger partial charge in [-0.1, -0.05) is 39.0 Å². The summed E-state index contributed by atoms with van der Waals surface area (Å²) in [4.78, 5) is 23.0. The summed E-state index contributed by atoms with van der Waals surface area (Å²) in [5.74, 6) is -0.997. The maximum absolute atomic E-state index is 14.8. The Balaban J connectivity index is 2.41. The molecule has 0 fully saturated rings. The van der Waals surface area contributed by atoms with E-state index in [1.165, 1.54) is 6.07 Å². The van der Waals surface area contributed by atoms with Gasteiger partial charge in [0.25, 0.3) is 11.6 Å². The molecule has 2 aromatic carbocycles. The van der Waals surface area contributed by atoms with Crippen molar-refractivity contribution in [2.45, 2.75) is 39.7 Å². The minimum atomic E-state index is -1.13. The van der Waals surface area contributed by atoms with Crippen LogP contribution in [0.4, 0.5) is 10.1 Å². The van der Waals surface area contributed by atoms with Crippen LogP contribution in [0.25, 0.3) is 0 Å². The smallest absolute Gasteiger partial charge is 0.269 e. The number of nitro benzene ring substituents is 1. The molecule has 0 bridgehead atoms. The van der Waals surface area contributed by atoms with Crippen molar-refractivity contribution in [1.82, 2.24) is 10.6 Å². The number of non-ortho nitro benzene ring substituents is 1. The lowest BCUT2D eigenvalue weighted by molar-refractivity contribution is -0.385. The van der Waals surface area contributed by atoms with Crippen molar-refractivity contribution in [3.05, 3.63) is 75.6 Å². The van der Waals surface area contributed by atoms with E-state index in [1.54, 1.807) is 37.3 Å². The number of nitro groups is 1. The molecular weight excluding hydrogens is 393 g/mol. The van der Waals surface area contributed by atoms with E-state index in [0.29, 0.717) is 12.0 Å². The van der Waals surface area contributed by atoms with Crippen molar-refractivity contribution in [3.63, 3.8) is 0 Å². The van der Waals surface area contributed by atoms with Crippen LogP contribution in [0.2, 0.25) is 0 Å². The molecule has 2 aromatic rings. The Bertz CT molecular complexity index is 934. The topological polar surface area (TPSA) is 84.3 Å². The summed E-state index contributed by atoms with van der Waals surface area (Å²) in [6.07, 6.45) is 0.619. The van der Waals surface area contributed by atoms with Gasteiger partial charge >= 0.3 is 0 Å². The molecule has 154 valence electrons. The maximum Gasteiger partial charge on any atom is 0.269 e. The Morgan fingerprint density at radius 1 is 1.17 bits per heavy atom. The zero-order valence-electron chi connectivity index (χ0n) is 16.8. The first kappa shape index (κ1) is 22.4. The van der Waals surface area contributed by atoms with E-state index in [0.717, 1.165) is 12.1 Å². The van der Waals surface area contributed by atoms with Crippen LogP contribution in [0.5, 0.6) is 0 Å². The normalized spacial score (nSPS) is 13.3. The first-order valence-corrected chi connectivity index (χ1v) is 9.55. The molecule has 0 saturated carbocycles. The molecule has 2 N–H and O–H groups in total. The molecule has 0 heterocycles. The van der Waals surface area contributed by atoms with Crippen LogP contribution >= 0.6 is 12.2 Å². The number of hydrogen-bond acceptors (Lipinski definition) is 4. The Morgan fingerprint density at radius 2 is 1.79 bits per heavy atom. The third kappa shape index (κ3) is 4.76. The fourth-order valence-corrected chi connectivity index (χ4v) is 3.28. The van der Waals surface area contributed by atoms with Crippen molar-refractivity contribution in [2.24, 2.45) is 5.41 Å². The molecular formula is C21H24FN3O3S. The summed E-state index contributed by atoms with van der Waals surface area (Å²) < 4.78 is 14.8. The summed E-state index contributed by atoms with van der Waals surface area (Å²) in [6, 6.07) is 11.9. The maximum atomic E-state index is 14.8. The number of benzene rings is 2. The van der Waals surface area contributed by atoms with Gasteiger partial charge in [0.15, 0.2) is 5.11 Å². The van der Waals surface area contributed by atoms with E-state index < -0.39 is 27.6 Å². The SMILES string of the molecule is CCC(C)(C)[C@](C)(NC(=S)NC(=O)c1ccccc1)c1cc([N+](=O)[O-])ccc1F. The molecule has 8 heteroatoms. The summed E-state index contributed by atoms with van der Waals surface area (Å²) in [5.41, 5.74) is -1.38. The van der Waals surface area contributed by atoms with Crippen LogP contribution < -0.4 is 10.6 Å². The lowest BCUT2D eigenvalue weighted by Crippen LogP contribution is -2.56. The number of carbonyl (C=O) groups is 1. The quantitative estimate of drug-likeness (QED) is 0.405. The van der Waals surface area contributed by atoms with Gasteiger partial charge in [0.2, 0.25) is 0 Å². The van der Waals surface area contributed by atoms with Crippen molar-refractivity contribution < 1.29 is 14.1 Å². The number of halogens is 1. The molecule has 1 atom stereocenters. The lowest BCUT2D eigenvalue weighted by atomic mass is 9.67. The average Bonchev–Trinajstić information content (AvgIpc) is 2.68. The highest BCUT2D eigenvalue weighted by Gasteiger charge is 2.44. The van der Waals surface area contributed by atoms with E-state index >= 15 is 0 Å². The average molecular weight is 418 g/mol. The predicted molar refractivity (Wildman–Crippen MR) is 114 cm³/mol. The van der Waals surface area contributed by atoms with Crippen LogP contribution in [-0.4, -0.2) is 15.9 Å². The molecule has 1 amide bonds. The van der Waals surface area contributed by atoms with Gasteiger partial charge in [0.05, 0.1) is 10.5 Å². The lowest BCUT2D eigenvalue weighted by Gasteiger charge is -2.45. The minimum absolute atomic E-state index is 0.00813. The third-order valence-corrected chi connectivity index (χ3v) is 5.77. The molecule has 0 unspecified atom stereocenters. The Morgan fingerprint density at radius 3 is 2.34 bits per heavy atom. The molecule has 6 nitrogen and oxygen atoms in total. The van der Waals surface area contributed by atoms with Gasteiger partial charge in [0.1, 0.15) is 5.82 Å². The van der Waals surface area contributed by atoms with Crippen molar-refractivity contribution in [3.8, 4) is 0 Å². The van der Waals surface area contributed by atoms with E-state index in [1.807, 2.05) is 20.8 Å². The molecule has 29 heavy (non-hydrogen) atoms. The number of nitrogens with zero attached hydrogens (tertiary/aromatic N) is 1. The summed E-state index contributed by atoms with van der Waals surface area (Å²) in [5, 5.41) is 16.9. The molecule has 0 aliphatic carbocycles. The predicted octanol–water partition coefficient (Wildman–Crippen LogP) is 4.69. The summed E-state index contributed by atoms with van der Waals surface area (Å²) >= 11 is 5.32. The van der Waals surface area contributed by atoms with Gasteiger partial charge < -0.3 is 5.32 Å². The zero-order valence-corrected chi connectivity index (χ0v) is 17.6.